The van der Waals surface area contributed by atoms with E-state index in [1.807, 2.05) is 35.7 Å². The van der Waals surface area contributed by atoms with Gasteiger partial charge in [-0.15, -0.1) is 11.3 Å². The van der Waals surface area contributed by atoms with E-state index in [2.05, 4.69) is 10.3 Å². The van der Waals surface area contributed by atoms with Gasteiger partial charge in [-0.25, -0.2) is 4.98 Å². The Hall–Kier alpha value is -3.32. The van der Waals surface area contributed by atoms with Crippen molar-refractivity contribution in [1.82, 2.24) is 4.98 Å². The molecule has 7 heteroatoms. The fourth-order valence-electron chi connectivity index (χ4n) is 2.58. The first-order chi connectivity index (χ1) is 13.6. The number of nitrogens with one attached hydrogen (secondary N) is 1. The summed E-state index contributed by atoms with van der Waals surface area (Å²) in [6.45, 7) is 0. The number of hydrogen-bond acceptors (Lipinski definition) is 6. The smallest absolute Gasteiger partial charge is 0.250 e. The molecule has 0 bridgehead atoms. The lowest BCUT2D eigenvalue weighted by Gasteiger charge is -2.07. The van der Waals surface area contributed by atoms with Crippen LogP contribution in [0.25, 0.3) is 17.3 Å². The third-order valence-corrected chi connectivity index (χ3v) is 4.73. The predicted octanol–water partition coefficient (Wildman–Crippen LogP) is 4.49. The highest BCUT2D eigenvalue weighted by Gasteiger charge is 2.10. The molecule has 0 saturated heterocycles. The molecule has 1 N–H and O–H groups in total. The number of carbonyl (C=O) groups excluding carboxylic acids is 1. The zero-order valence-corrected chi connectivity index (χ0v) is 16.6. The van der Waals surface area contributed by atoms with Gasteiger partial charge in [-0.3, -0.25) is 10.1 Å². The number of carbonyl (C=O) groups is 1. The van der Waals surface area contributed by atoms with Crippen molar-refractivity contribution in [1.29, 1.82) is 0 Å². The Kier molecular flexibility index (Phi) is 6.29. The molecule has 0 aliphatic heterocycles. The number of rotatable bonds is 7. The number of amides is 1. The fraction of sp³-hybridized carbons (Fsp3) is 0.143. The van der Waals surface area contributed by atoms with Crippen molar-refractivity contribution >= 4 is 28.5 Å². The molecule has 28 heavy (non-hydrogen) atoms. The van der Waals surface area contributed by atoms with E-state index in [0.717, 1.165) is 22.6 Å². The summed E-state index contributed by atoms with van der Waals surface area (Å²) in [6.07, 6.45) is 3.12. The quantitative estimate of drug-likeness (QED) is 0.596. The molecule has 1 amide bonds. The molecule has 3 aromatic rings. The Labute approximate surface area is 167 Å². The summed E-state index contributed by atoms with van der Waals surface area (Å²) in [7, 11) is 4.78. The van der Waals surface area contributed by atoms with Crippen LogP contribution in [0.2, 0.25) is 0 Å². The molecule has 0 fully saturated rings. The molecule has 0 aliphatic rings. The molecule has 2 aromatic carbocycles. The Bertz CT molecular complexity index is 998. The lowest BCUT2D eigenvalue weighted by atomic mass is 10.1. The van der Waals surface area contributed by atoms with Gasteiger partial charge < -0.3 is 14.2 Å². The van der Waals surface area contributed by atoms with Gasteiger partial charge in [0.15, 0.2) is 5.13 Å². The first-order valence-electron chi connectivity index (χ1n) is 8.44. The van der Waals surface area contributed by atoms with E-state index in [9.17, 15) is 4.79 Å². The maximum Gasteiger partial charge on any atom is 0.250 e. The summed E-state index contributed by atoms with van der Waals surface area (Å²) in [6, 6.07) is 13.0. The Morgan fingerprint density at radius 1 is 1.04 bits per heavy atom. The molecule has 0 aliphatic carbocycles. The van der Waals surface area contributed by atoms with E-state index in [4.69, 9.17) is 14.2 Å². The van der Waals surface area contributed by atoms with Gasteiger partial charge in [0, 0.05) is 28.6 Å². The van der Waals surface area contributed by atoms with Gasteiger partial charge in [-0.05, 0) is 30.3 Å². The topological polar surface area (TPSA) is 69.7 Å². The molecule has 0 spiro atoms. The monoisotopic (exact) mass is 396 g/mol. The minimum Gasteiger partial charge on any atom is -0.497 e. The summed E-state index contributed by atoms with van der Waals surface area (Å²) in [5.41, 5.74) is 2.39. The maximum absolute atomic E-state index is 12.3. The summed E-state index contributed by atoms with van der Waals surface area (Å²) in [4.78, 5) is 16.7. The standard InChI is InChI=1S/C21H20N2O4S/c1-25-15-10-8-14(19(12-15)27-3)9-11-20(24)23-21-22-17(13-28-21)16-6-4-5-7-18(16)26-2/h4-13H,1-3H3,(H,22,23,24)/b11-9+. The van der Waals surface area contributed by atoms with E-state index in [1.54, 1.807) is 39.5 Å². The maximum atomic E-state index is 12.3. The van der Waals surface area contributed by atoms with Crippen LogP contribution < -0.4 is 19.5 Å². The number of aromatic nitrogens is 1. The summed E-state index contributed by atoms with van der Waals surface area (Å²) in [5, 5.41) is 5.17. The molecule has 0 atom stereocenters. The van der Waals surface area contributed by atoms with Gasteiger partial charge in [0.05, 0.1) is 27.0 Å². The molecular formula is C21H20N2O4S. The van der Waals surface area contributed by atoms with Crippen molar-refractivity contribution in [3.63, 3.8) is 0 Å². The third kappa shape index (κ3) is 4.50. The van der Waals surface area contributed by atoms with Crippen LogP contribution in [0.4, 0.5) is 5.13 Å². The van der Waals surface area contributed by atoms with Gasteiger partial charge in [0.2, 0.25) is 5.91 Å². The highest BCUT2D eigenvalue weighted by Crippen LogP contribution is 2.32. The van der Waals surface area contributed by atoms with Crippen LogP contribution in [-0.4, -0.2) is 32.2 Å². The third-order valence-electron chi connectivity index (χ3n) is 3.97. The van der Waals surface area contributed by atoms with Crippen LogP contribution in [0.1, 0.15) is 5.56 Å². The van der Waals surface area contributed by atoms with Crippen molar-refractivity contribution in [2.24, 2.45) is 0 Å². The average Bonchev–Trinajstić information content (AvgIpc) is 3.20. The molecule has 1 aromatic heterocycles. The number of thiazole rings is 1. The van der Waals surface area contributed by atoms with Gasteiger partial charge in [0.25, 0.3) is 0 Å². The number of ether oxygens (including phenoxy) is 3. The van der Waals surface area contributed by atoms with E-state index in [0.29, 0.717) is 16.6 Å². The summed E-state index contributed by atoms with van der Waals surface area (Å²) >= 11 is 1.35. The second-order valence-corrected chi connectivity index (χ2v) is 6.53. The molecule has 6 nitrogen and oxygen atoms in total. The Morgan fingerprint density at radius 3 is 2.57 bits per heavy atom. The fourth-order valence-corrected chi connectivity index (χ4v) is 3.29. The number of hydrogen-bond donors (Lipinski definition) is 1. The lowest BCUT2D eigenvalue weighted by Crippen LogP contribution is -2.07. The van der Waals surface area contributed by atoms with Crippen LogP contribution >= 0.6 is 11.3 Å². The SMILES string of the molecule is COc1ccc(/C=C/C(=O)Nc2nc(-c3ccccc3OC)cs2)c(OC)c1. The lowest BCUT2D eigenvalue weighted by molar-refractivity contribution is -0.111. The average molecular weight is 396 g/mol. The number of benzene rings is 2. The van der Waals surface area contributed by atoms with Crippen molar-refractivity contribution in [2.75, 3.05) is 26.6 Å². The van der Waals surface area contributed by atoms with E-state index in [-0.39, 0.29) is 5.91 Å². The second kappa shape index (κ2) is 9.05. The number of nitrogens with zero attached hydrogens (tertiary/aromatic N) is 1. The van der Waals surface area contributed by atoms with Crippen molar-refractivity contribution in [2.45, 2.75) is 0 Å². The van der Waals surface area contributed by atoms with E-state index in [1.165, 1.54) is 17.4 Å². The molecule has 3 rings (SSSR count). The zero-order chi connectivity index (χ0) is 19.9. The van der Waals surface area contributed by atoms with E-state index < -0.39 is 0 Å². The summed E-state index contributed by atoms with van der Waals surface area (Å²) < 4.78 is 15.9. The van der Waals surface area contributed by atoms with Gasteiger partial charge in [-0.2, -0.15) is 0 Å². The molecule has 0 unspecified atom stereocenters. The Morgan fingerprint density at radius 2 is 1.82 bits per heavy atom. The van der Waals surface area contributed by atoms with Crippen LogP contribution in [0, 0.1) is 0 Å². The minimum atomic E-state index is -0.279. The predicted molar refractivity (Wildman–Crippen MR) is 111 cm³/mol. The van der Waals surface area contributed by atoms with Gasteiger partial charge in [-0.1, -0.05) is 12.1 Å². The second-order valence-electron chi connectivity index (χ2n) is 5.67. The molecule has 0 radical (unpaired) electrons. The Balaban J connectivity index is 1.71. The van der Waals surface area contributed by atoms with Crippen LogP contribution in [0.3, 0.4) is 0 Å². The van der Waals surface area contributed by atoms with Gasteiger partial charge >= 0.3 is 0 Å². The minimum absolute atomic E-state index is 0.279. The number of para-hydroxylation sites is 1. The number of methoxy groups -OCH3 is 3. The molecule has 144 valence electrons. The van der Waals surface area contributed by atoms with Crippen molar-refractivity contribution < 1.29 is 19.0 Å². The largest absolute Gasteiger partial charge is 0.497 e. The number of anilines is 1. The highest BCUT2D eigenvalue weighted by molar-refractivity contribution is 7.14. The van der Waals surface area contributed by atoms with Crippen LogP contribution in [0.5, 0.6) is 17.2 Å². The molecule has 1 heterocycles. The molecular weight excluding hydrogens is 376 g/mol. The van der Waals surface area contributed by atoms with Gasteiger partial charge in [0.1, 0.15) is 17.2 Å². The van der Waals surface area contributed by atoms with Crippen LogP contribution in [-0.2, 0) is 4.79 Å². The summed E-state index contributed by atoms with van der Waals surface area (Å²) in [5.74, 6) is 1.76. The first kappa shape index (κ1) is 19.4. The van der Waals surface area contributed by atoms with Crippen LogP contribution in [0.15, 0.2) is 53.9 Å². The van der Waals surface area contributed by atoms with Crippen molar-refractivity contribution in [3.05, 3.63) is 59.5 Å². The highest BCUT2D eigenvalue weighted by atomic mass is 32.1. The molecule has 0 saturated carbocycles. The van der Waals surface area contributed by atoms with Crippen molar-refractivity contribution in [3.8, 4) is 28.5 Å². The zero-order valence-electron chi connectivity index (χ0n) is 15.8. The van der Waals surface area contributed by atoms with E-state index >= 15 is 0 Å². The normalized spacial score (nSPS) is 10.7. The first-order valence-corrected chi connectivity index (χ1v) is 9.32.